The number of thioether (sulfide) groups is 1. The number of anilines is 1. The van der Waals surface area contributed by atoms with E-state index in [0.717, 1.165) is 26.0 Å². The molecule has 4 nitrogen and oxygen atoms in total. The Hall–Kier alpha value is -1.79. The molecule has 0 unspecified atom stereocenters. The van der Waals surface area contributed by atoms with Crippen LogP contribution in [0.3, 0.4) is 0 Å². The van der Waals surface area contributed by atoms with Crippen molar-refractivity contribution >= 4 is 39.0 Å². The number of nitrogens with two attached hydrogens (primary N) is 1. The number of thiazole rings is 1. The average Bonchev–Trinajstić information content (AvgIpc) is 2.83. The second-order valence-corrected chi connectivity index (χ2v) is 6.66. The van der Waals surface area contributed by atoms with Crippen molar-refractivity contribution in [1.29, 1.82) is 0 Å². The lowest BCUT2D eigenvalue weighted by Gasteiger charge is -2.02. The van der Waals surface area contributed by atoms with Gasteiger partial charge in [0, 0.05) is 30.2 Å². The van der Waals surface area contributed by atoms with Gasteiger partial charge in [-0.25, -0.2) is 4.98 Å². The van der Waals surface area contributed by atoms with Gasteiger partial charge in [0.15, 0.2) is 4.34 Å². The number of nitrogens with zero attached hydrogens (tertiary/aromatic N) is 2. The number of nitrogen functional groups attached to an aromatic ring is 1. The van der Waals surface area contributed by atoms with Crippen molar-refractivity contribution in [2.24, 2.45) is 0 Å². The number of aryl methyl sites for hydroxylation is 1. The van der Waals surface area contributed by atoms with E-state index in [4.69, 9.17) is 5.73 Å². The molecule has 0 aliphatic carbocycles. The number of aromatic nitrogens is 2. The highest BCUT2D eigenvalue weighted by atomic mass is 32.2. The Balaban J connectivity index is 1.68. The zero-order valence-corrected chi connectivity index (χ0v) is 12.3. The summed E-state index contributed by atoms with van der Waals surface area (Å²) in [6.07, 6.45) is 1.81. The van der Waals surface area contributed by atoms with Gasteiger partial charge in [0.05, 0.1) is 10.2 Å². The standard InChI is InChI=1S/C14H13N3OS2/c15-10-4-5-11-12(9-10)20-14(16-11)19-8-7-17-6-2-1-3-13(17)18/h1-6,9H,7-8,15H2. The lowest BCUT2D eigenvalue weighted by molar-refractivity contribution is 0.735. The van der Waals surface area contributed by atoms with E-state index >= 15 is 0 Å². The van der Waals surface area contributed by atoms with Crippen LogP contribution in [-0.4, -0.2) is 15.3 Å². The van der Waals surface area contributed by atoms with Crippen molar-refractivity contribution in [1.82, 2.24) is 9.55 Å². The van der Waals surface area contributed by atoms with E-state index in [2.05, 4.69) is 4.98 Å². The molecular weight excluding hydrogens is 290 g/mol. The minimum Gasteiger partial charge on any atom is -0.399 e. The molecule has 0 spiro atoms. The van der Waals surface area contributed by atoms with Crippen LogP contribution in [0.1, 0.15) is 0 Å². The van der Waals surface area contributed by atoms with Crippen LogP contribution < -0.4 is 11.3 Å². The van der Waals surface area contributed by atoms with Gasteiger partial charge in [0.2, 0.25) is 0 Å². The molecule has 2 aromatic heterocycles. The van der Waals surface area contributed by atoms with Crippen molar-refractivity contribution in [2.45, 2.75) is 10.9 Å². The molecule has 20 heavy (non-hydrogen) atoms. The molecular formula is C14H13N3OS2. The molecule has 0 atom stereocenters. The van der Waals surface area contributed by atoms with E-state index in [0.29, 0.717) is 6.54 Å². The summed E-state index contributed by atoms with van der Waals surface area (Å²) in [5.74, 6) is 0.819. The summed E-state index contributed by atoms with van der Waals surface area (Å²) in [6, 6.07) is 10.9. The Labute approximate surface area is 124 Å². The Kier molecular flexibility index (Phi) is 3.75. The Morgan fingerprint density at radius 1 is 1.30 bits per heavy atom. The number of hydrogen-bond donors (Lipinski definition) is 1. The SMILES string of the molecule is Nc1ccc2nc(SCCn3ccccc3=O)sc2c1. The first-order valence-corrected chi connectivity index (χ1v) is 7.97. The van der Waals surface area contributed by atoms with E-state index in [1.54, 1.807) is 39.8 Å². The highest BCUT2D eigenvalue weighted by Crippen LogP contribution is 2.30. The number of fused-ring (bicyclic) bond motifs is 1. The van der Waals surface area contributed by atoms with E-state index in [-0.39, 0.29) is 5.56 Å². The second kappa shape index (κ2) is 5.68. The minimum atomic E-state index is 0.0326. The summed E-state index contributed by atoms with van der Waals surface area (Å²) in [5, 5.41) is 0. The molecule has 3 rings (SSSR count). The maximum Gasteiger partial charge on any atom is 0.250 e. The minimum absolute atomic E-state index is 0.0326. The fourth-order valence-electron chi connectivity index (χ4n) is 1.86. The van der Waals surface area contributed by atoms with Crippen LogP contribution in [0.15, 0.2) is 51.7 Å². The average molecular weight is 303 g/mol. The zero-order chi connectivity index (χ0) is 13.9. The third kappa shape index (κ3) is 2.86. The van der Waals surface area contributed by atoms with E-state index < -0.39 is 0 Å². The monoisotopic (exact) mass is 303 g/mol. The summed E-state index contributed by atoms with van der Waals surface area (Å²) in [6.45, 7) is 0.683. The first kappa shape index (κ1) is 13.2. The molecule has 1 aromatic carbocycles. The molecule has 3 aromatic rings. The fraction of sp³-hybridized carbons (Fsp3) is 0.143. The molecule has 0 bridgehead atoms. The number of pyridine rings is 1. The van der Waals surface area contributed by atoms with Gasteiger partial charge in [-0.3, -0.25) is 4.79 Å². The smallest absolute Gasteiger partial charge is 0.250 e. The molecule has 2 N–H and O–H groups in total. The van der Waals surface area contributed by atoms with Crippen LogP contribution in [0.2, 0.25) is 0 Å². The fourth-order valence-corrected chi connectivity index (χ4v) is 3.98. The number of rotatable bonds is 4. The summed E-state index contributed by atoms with van der Waals surface area (Å²) in [5.41, 5.74) is 7.53. The molecule has 6 heteroatoms. The van der Waals surface area contributed by atoms with E-state index in [1.165, 1.54) is 0 Å². The predicted octanol–water partition coefficient (Wildman–Crippen LogP) is 2.83. The summed E-state index contributed by atoms with van der Waals surface area (Å²) in [7, 11) is 0. The lowest BCUT2D eigenvalue weighted by Crippen LogP contribution is -2.18. The Morgan fingerprint density at radius 2 is 2.20 bits per heavy atom. The second-order valence-electron chi connectivity index (χ2n) is 4.29. The van der Waals surface area contributed by atoms with Crippen LogP contribution in [-0.2, 0) is 6.54 Å². The first-order valence-electron chi connectivity index (χ1n) is 6.17. The predicted molar refractivity (Wildman–Crippen MR) is 85.5 cm³/mol. The van der Waals surface area contributed by atoms with Crippen LogP contribution in [0, 0.1) is 0 Å². The molecule has 0 saturated heterocycles. The maximum absolute atomic E-state index is 11.6. The molecule has 0 radical (unpaired) electrons. The topological polar surface area (TPSA) is 60.9 Å². The highest BCUT2D eigenvalue weighted by Gasteiger charge is 2.05. The molecule has 0 aliphatic heterocycles. The molecule has 0 saturated carbocycles. The van der Waals surface area contributed by atoms with Gasteiger partial charge in [-0.15, -0.1) is 11.3 Å². The van der Waals surface area contributed by atoms with E-state index in [9.17, 15) is 4.79 Å². The van der Waals surface area contributed by atoms with Gasteiger partial charge in [-0.2, -0.15) is 0 Å². The number of benzene rings is 1. The van der Waals surface area contributed by atoms with Crippen LogP contribution in [0.5, 0.6) is 0 Å². The Morgan fingerprint density at radius 3 is 3.05 bits per heavy atom. The van der Waals surface area contributed by atoms with Gasteiger partial charge < -0.3 is 10.3 Å². The quantitative estimate of drug-likeness (QED) is 0.595. The van der Waals surface area contributed by atoms with Crippen LogP contribution >= 0.6 is 23.1 Å². The van der Waals surface area contributed by atoms with Gasteiger partial charge >= 0.3 is 0 Å². The van der Waals surface area contributed by atoms with Crippen LogP contribution in [0.25, 0.3) is 10.2 Å². The first-order chi connectivity index (χ1) is 9.72. The van der Waals surface area contributed by atoms with Crippen LogP contribution in [0.4, 0.5) is 5.69 Å². The van der Waals surface area contributed by atoms with E-state index in [1.807, 2.05) is 30.5 Å². The van der Waals surface area contributed by atoms with Crippen molar-refractivity contribution in [2.75, 3.05) is 11.5 Å². The van der Waals surface area contributed by atoms with Crippen molar-refractivity contribution in [3.05, 3.63) is 52.9 Å². The van der Waals surface area contributed by atoms with Gasteiger partial charge in [-0.05, 0) is 24.3 Å². The highest BCUT2D eigenvalue weighted by molar-refractivity contribution is 8.01. The van der Waals surface area contributed by atoms with Crippen molar-refractivity contribution < 1.29 is 0 Å². The molecule has 2 heterocycles. The third-order valence-electron chi connectivity index (χ3n) is 2.85. The normalized spacial score (nSPS) is 11.0. The van der Waals surface area contributed by atoms with Gasteiger partial charge in [0.1, 0.15) is 0 Å². The summed E-state index contributed by atoms with van der Waals surface area (Å²) in [4.78, 5) is 16.1. The molecule has 0 amide bonds. The van der Waals surface area contributed by atoms with Gasteiger partial charge in [0.25, 0.3) is 5.56 Å². The third-order valence-corrected chi connectivity index (χ3v) is 4.99. The molecule has 0 aliphatic rings. The molecule has 102 valence electrons. The lowest BCUT2D eigenvalue weighted by atomic mass is 10.3. The van der Waals surface area contributed by atoms with Gasteiger partial charge in [-0.1, -0.05) is 17.8 Å². The zero-order valence-electron chi connectivity index (χ0n) is 10.7. The molecule has 0 fully saturated rings. The maximum atomic E-state index is 11.6. The number of hydrogen-bond acceptors (Lipinski definition) is 5. The summed E-state index contributed by atoms with van der Waals surface area (Å²) >= 11 is 3.30. The Bertz CT molecular complexity index is 794. The van der Waals surface area contributed by atoms with Crippen molar-refractivity contribution in [3.8, 4) is 0 Å². The largest absolute Gasteiger partial charge is 0.399 e. The van der Waals surface area contributed by atoms with Crippen molar-refractivity contribution in [3.63, 3.8) is 0 Å². The summed E-state index contributed by atoms with van der Waals surface area (Å²) < 4.78 is 3.82.